The Labute approximate surface area is 182 Å². The molecule has 31 heavy (non-hydrogen) atoms. The Morgan fingerprint density at radius 3 is 2.52 bits per heavy atom. The number of aryl methyl sites for hydroxylation is 1. The zero-order valence-electron chi connectivity index (χ0n) is 18.0. The number of benzene rings is 1. The van der Waals surface area contributed by atoms with Crippen molar-refractivity contribution in [3.63, 3.8) is 0 Å². The summed E-state index contributed by atoms with van der Waals surface area (Å²) in [4.78, 5) is 2.66. The van der Waals surface area contributed by atoms with E-state index in [0.29, 0.717) is 17.6 Å². The van der Waals surface area contributed by atoms with Crippen LogP contribution < -0.4 is 5.32 Å². The number of nitrogens with one attached hydrogen (secondary N) is 1. The molecule has 1 N–H and O–H groups in total. The third-order valence-corrected chi connectivity index (χ3v) is 7.20. The number of aromatic nitrogens is 2. The van der Waals surface area contributed by atoms with Gasteiger partial charge in [-0.15, -0.1) is 10.2 Å². The van der Waals surface area contributed by atoms with Gasteiger partial charge in [0.05, 0.1) is 5.69 Å². The van der Waals surface area contributed by atoms with Gasteiger partial charge in [0.2, 0.25) is 0 Å². The van der Waals surface area contributed by atoms with E-state index in [1.54, 1.807) is 0 Å². The molecule has 0 radical (unpaired) electrons. The second-order valence-electron chi connectivity index (χ2n) is 9.49. The van der Waals surface area contributed by atoms with E-state index in [9.17, 15) is 8.78 Å². The maximum atomic E-state index is 14.1. The van der Waals surface area contributed by atoms with Crippen molar-refractivity contribution in [3.8, 4) is 11.3 Å². The fourth-order valence-corrected chi connectivity index (χ4v) is 5.67. The summed E-state index contributed by atoms with van der Waals surface area (Å²) in [5.41, 5.74) is 1.31. The number of fused-ring (bicyclic) bond motifs is 1. The van der Waals surface area contributed by atoms with Gasteiger partial charge >= 0.3 is 0 Å². The fourth-order valence-electron chi connectivity index (χ4n) is 5.67. The second kappa shape index (κ2) is 8.79. The average molecular weight is 429 g/mol. The highest BCUT2D eigenvalue weighted by atomic mass is 19.1. The zero-order valence-corrected chi connectivity index (χ0v) is 18.0. The van der Waals surface area contributed by atoms with Crippen molar-refractivity contribution in [3.05, 3.63) is 41.5 Å². The molecule has 0 amide bonds. The van der Waals surface area contributed by atoms with E-state index in [1.807, 2.05) is 13.0 Å². The Hall–Kier alpha value is -2.12. The number of anilines is 1. The molecule has 5 rings (SSSR count). The van der Waals surface area contributed by atoms with E-state index in [1.165, 1.54) is 38.5 Å². The van der Waals surface area contributed by atoms with Gasteiger partial charge in [0.25, 0.3) is 0 Å². The van der Waals surface area contributed by atoms with Crippen molar-refractivity contribution in [2.45, 2.75) is 38.6 Å². The molecule has 0 spiro atoms. The number of ether oxygens (including phenoxy) is 1. The van der Waals surface area contributed by atoms with E-state index in [0.717, 1.165) is 61.5 Å². The number of rotatable bonds is 5. The van der Waals surface area contributed by atoms with Crippen molar-refractivity contribution in [1.29, 1.82) is 0 Å². The van der Waals surface area contributed by atoms with Gasteiger partial charge in [-0.1, -0.05) is 0 Å². The summed E-state index contributed by atoms with van der Waals surface area (Å²) in [6.07, 6.45) is 4.69. The van der Waals surface area contributed by atoms with E-state index < -0.39 is 11.6 Å². The number of likely N-dealkylation sites (tertiary alicyclic amines) is 1. The SMILES string of the molecule is Cc1cc(NC2C[C@@H]3CN(CC4CCOCC4)C[C@@H]3C2)nnc1-c1cc(F)ccc1F. The van der Waals surface area contributed by atoms with Crippen LogP contribution in [0.5, 0.6) is 0 Å². The van der Waals surface area contributed by atoms with Crippen molar-refractivity contribution in [1.82, 2.24) is 15.1 Å². The number of hydrogen-bond donors (Lipinski definition) is 1. The molecule has 1 saturated carbocycles. The van der Waals surface area contributed by atoms with E-state index in [2.05, 4.69) is 20.4 Å². The van der Waals surface area contributed by atoms with Gasteiger partial charge in [-0.3, -0.25) is 0 Å². The molecule has 3 aliphatic rings. The molecule has 1 aliphatic carbocycles. The summed E-state index contributed by atoms with van der Waals surface area (Å²) >= 11 is 0. The Kier molecular flexibility index (Phi) is 5.89. The van der Waals surface area contributed by atoms with Gasteiger partial charge in [0.1, 0.15) is 17.5 Å². The van der Waals surface area contributed by atoms with Gasteiger partial charge in [-0.2, -0.15) is 0 Å². The molecule has 5 nitrogen and oxygen atoms in total. The minimum Gasteiger partial charge on any atom is -0.381 e. The quantitative estimate of drug-likeness (QED) is 0.770. The first-order chi connectivity index (χ1) is 15.0. The Bertz CT molecular complexity index is 920. The third kappa shape index (κ3) is 4.58. The monoisotopic (exact) mass is 428 g/mol. The lowest BCUT2D eigenvalue weighted by Gasteiger charge is -2.27. The summed E-state index contributed by atoms with van der Waals surface area (Å²) in [6, 6.07) is 5.69. The molecule has 3 atom stereocenters. The van der Waals surface area contributed by atoms with E-state index >= 15 is 0 Å². The first-order valence-corrected chi connectivity index (χ1v) is 11.4. The van der Waals surface area contributed by atoms with Crippen LogP contribution >= 0.6 is 0 Å². The van der Waals surface area contributed by atoms with Crippen molar-refractivity contribution < 1.29 is 13.5 Å². The molecule has 3 fully saturated rings. The van der Waals surface area contributed by atoms with Crippen LogP contribution in [0.3, 0.4) is 0 Å². The molecule has 3 heterocycles. The van der Waals surface area contributed by atoms with Crippen LogP contribution in [0.15, 0.2) is 24.3 Å². The molecular formula is C24H30F2N4O. The Morgan fingerprint density at radius 1 is 1.06 bits per heavy atom. The van der Waals surface area contributed by atoms with Gasteiger partial charge in [-0.05, 0) is 80.2 Å². The highest BCUT2D eigenvalue weighted by molar-refractivity contribution is 5.64. The topological polar surface area (TPSA) is 50.3 Å². The average Bonchev–Trinajstić information content (AvgIpc) is 3.29. The van der Waals surface area contributed by atoms with Crippen LogP contribution in [0.1, 0.15) is 31.2 Å². The minimum atomic E-state index is -0.492. The molecule has 166 valence electrons. The molecule has 1 aromatic carbocycles. The predicted octanol–water partition coefficient (Wildman–Crippen LogP) is 4.28. The first-order valence-electron chi connectivity index (χ1n) is 11.4. The third-order valence-electron chi connectivity index (χ3n) is 7.20. The molecule has 2 aliphatic heterocycles. The summed E-state index contributed by atoms with van der Waals surface area (Å²) in [5, 5.41) is 12.0. The number of halogens is 2. The molecule has 7 heteroatoms. The highest BCUT2D eigenvalue weighted by Crippen LogP contribution is 2.40. The van der Waals surface area contributed by atoms with Crippen LogP contribution in [0.2, 0.25) is 0 Å². The number of hydrogen-bond acceptors (Lipinski definition) is 5. The normalized spacial score (nSPS) is 26.9. The maximum Gasteiger partial charge on any atom is 0.149 e. The molecular weight excluding hydrogens is 398 g/mol. The van der Waals surface area contributed by atoms with E-state index in [-0.39, 0.29) is 5.56 Å². The number of nitrogens with zero attached hydrogens (tertiary/aromatic N) is 3. The van der Waals surface area contributed by atoms with E-state index in [4.69, 9.17) is 4.74 Å². The molecule has 2 saturated heterocycles. The first kappa shape index (κ1) is 20.8. The summed E-state index contributed by atoms with van der Waals surface area (Å²) < 4.78 is 33.2. The van der Waals surface area contributed by atoms with Gasteiger partial charge in [-0.25, -0.2) is 8.78 Å². The molecule has 1 unspecified atom stereocenters. The maximum absolute atomic E-state index is 14.1. The predicted molar refractivity (Wildman–Crippen MR) is 116 cm³/mol. The lowest BCUT2D eigenvalue weighted by molar-refractivity contribution is 0.0545. The summed E-state index contributed by atoms with van der Waals surface area (Å²) in [6.45, 7) is 7.31. The van der Waals surface area contributed by atoms with Gasteiger partial charge in [0, 0.05) is 44.5 Å². The lowest BCUT2D eigenvalue weighted by Crippen LogP contribution is -2.32. The van der Waals surface area contributed by atoms with Crippen LogP contribution in [0.25, 0.3) is 11.3 Å². The Morgan fingerprint density at radius 2 is 1.81 bits per heavy atom. The highest BCUT2D eigenvalue weighted by Gasteiger charge is 2.41. The van der Waals surface area contributed by atoms with Gasteiger partial charge < -0.3 is 15.0 Å². The fraction of sp³-hybridized carbons (Fsp3) is 0.583. The van der Waals surface area contributed by atoms with Crippen molar-refractivity contribution in [2.75, 3.05) is 38.2 Å². The van der Waals surface area contributed by atoms with Crippen LogP contribution in [-0.2, 0) is 4.74 Å². The van der Waals surface area contributed by atoms with Crippen molar-refractivity contribution in [2.24, 2.45) is 17.8 Å². The summed E-state index contributed by atoms with van der Waals surface area (Å²) in [7, 11) is 0. The zero-order chi connectivity index (χ0) is 21.4. The molecule has 2 aromatic rings. The minimum absolute atomic E-state index is 0.150. The van der Waals surface area contributed by atoms with Crippen LogP contribution in [0.4, 0.5) is 14.6 Å². The van der Waals surface area contributed by atoms with Gasteiger partial charge in [0.15, 0.2) is 0 Å². The smallest absolute Gasteiger partial charge is 0.149 e. The van der Waals surface area contributed by atoms with Crippen molar-refractivity contribution >= 4 is 5.82 Å². The second-order valence-corrected chi connectivity index (χ2v) is 9.49. The lowest BCUT2D eigenvalue weighted by atomic mass is 10.00. The molecule has 0 bridgehead atoms. The standard InChI is InChI=1S/C24H30F2N4O/c1-15-8-23(28-29-24(15)21-11-19(25)2-3-22(21)26)27-20-9-17-13-30(14-18(17)10-20)12-16-4-6-31-7-5-16/h2-3,8,11,16-18,20H,4-7,9-10,12-14H2,1H3,(H,27,28)/t17-,18+,20?. The summed E-state index contributed by atoms with van der Waals surface area (Å²) in [5.74, 6) is 2.01. The Balaban J connectivity index is 1.18. The molecule has 1 aromatic heterocycles. The van der Waals surface area contributed by atoms with Crippen LogP contribution in [-0.4, -0.2) is 54.0 Å². The van der Waals surface area contributed by atoms with Crippen LogP contribution in [0, 0.1) is 36.3 Å². The largest absolute Gasteiger partial charge is 0.381 e.